The van der Waals surface area contributed by atoms with E-state index >= 15 is 0 Å². The van der Waals surface area contributed by atoms with Crippen LogP contribution in [-0.4, -0.2) is 18.9 Å². The van der Waals surface area contributed by atoms with Crippen LogP contribution < -0.4 is 0 Å². The van der Waals surface area contributed by atoms with E-state index in [1.54, 1.807) is 12.4 Å². The zero-order valence-electron chi connectivity index (χ0n) is 20.4. The Hall–Kier alpha value is -4.90. The van der Waals surface area contributed by atoms with Gasteiger partial charge in [-0.2, -0.15) is 0 Å². The lowest BCUT2D eigenvalue weighted by atomic mass is 10.0. The lowest BCUT2D eigenvalue weighted by molar-refractivity contribution is 0.667. The Balaban J connectivity index is 1.47. The van der Waals surface area contributed by atoms with Crippen molar-refractivity contribution in [2.45, 2.75) is 13.3 Å². The highest BCUT2D eigenvalue weighted by molar-refractivity contribution is 6.06. The highest BCUT2D eigenvalue weighted by atomic mass is 16.3. The maximum atomic E-state index is 6.00. The van der Waals surface area contributed by atoms with Gasteiger partial charge in [-0.05, 0) is 72.2 Å². The Kier molecular flexibility index (Phi) is 4.83. The molecular weight excluding hydrogens is 456 g/mol. The van der Waals surface area contributed by atoms with Crippen LogP contribution in [0.2, 0.25) is 0 Å². The first-order valence-corrected chi connectivity index (χ1v) is 12.4. The maximum absolute atomic E-state index is 6.00. The summed E-state index contributed by atoms with van der Waals surface area (Å²) in [5, 5.41) is 2.15. The Morgan fingerprint density at radius 1 is 0.919 bits per heavy atom. The van der Waals surface area contributed by atoms with Crippen molar-refractivity contribution < 1.29 is 4.42 Å². The van der Waals surface area contributed by atoms with Gasteiger partial charge in [0.05, 0.1) is 28.3 Å². The van der Waals surface area contributed by atoms with E-state index in [0.29, 0.717) is 0 Å². The molecule has 3 aromatic carbocycles. The molecule has 7 rings (SSSR count). The highest BCUT2D eigenvalue weighted by Crippen LogP contribution is 2.33. The molecule has 178 valence electrons. The summed E-state index contributed by atoms with van der Waals surface area (Å²) in [7, 11) is 0. The van der Waals surface area contributed by atoms with Gasteiger partial charge >= 0.3 is 0 Å². The molecule has 0 radical (unpaired) electrons. The average molecular weight is 481 g/mol. The first kappa shape index (κ1) is 21.4. The van der Waals surface area contributed by atoms with Crippen LogP contribution in [0.4, 0.5) is 0 Å². The van der Waals surface area contributed by atoms with Gasteiger partial charge < -0.3 is 4.42 Å². The standard InChI is InChI=1S/C32H24N4O/c1-3-9-21(22-14-15-30-25(19-22)24-16-17-33-20-31(24)37-30)18-23(4-2)35-28-12-7-8-13-29(28)36-27-11-6-5-10-26(27)34-32(35)36/h4-20H,2-3H2,1H3/b21-9+,23-18+. The first-order valence-electron chi connectivity index (χ1n) is 12.4. The molecule has 37 heavy (non-hydrogen) atoms. The van der Waals surface area contributed by atoms with Crippen LogP contribution >= 0.6 is 0 Å². The van der Waals surface area contributed by atoms with Crippen molar-refractivity contribution in [3.63, 3.8) is 0 Å². The lowest BCUT2D eigenvalue weighted by Gasteiger charge is -2.10. The highest BCUT2D eigenvalue weighted by Gasteiger charge is 2.17. The summed E-state index contributed by atoms with van der Waals surface area (Å²) in [5.74, 6) is 0.869. The zero-order valence-corrected chi connectivity index (χ0v) is 20.4. The quantitative estimate of drug-likeness (QED) is 0.233. The van der Waals surface area contributed by atoms with Crippen molar-refractivity contribution in [2.24, 2.45) is 0 Å². The van der Waals surface area contributed by atoms with E-state index in [2.05, 4.69) is 94.2 Å². The molecule has 0 saturated carbocycles. The van der Waals surface area contributed by atoms with Crippen molar-refractivity contribution in [1.82, 2.24) is 18.9 Å². The number of rotatable bonds is 5. The van der Waals surface area contributed by atoms with E-state index in [9.17, 15) is 0 Å². The third-order valence-electron chi connectivity index (χ3n) is 6.91. The fourth-order valence-corrected chi connectivity index (χ4v) is 5.27. The summed E-state index contributed by atoms with van der Waals surface area (Å²) in [4.78, 5) is 9.22. The lowest BCUT2D eigenvalue weighted by Crippen LogP contribution is -1.97. The third-order valence-corrected chi connectivity index (χ3v) is 6.91. The molecule has 0 bridgehead atoms. The number of benzene rings is 3. The fraction of sp³-hybridized carbons (Fsp3) is 0.0625. The summed E-state index contributed by atoms with van der Waals surface area (Å²) in [6.45, 7) is 6.35. The molecule has 0 aliphatic carbocycles. The molecule has 5 nitrogen and oxygen atoms in total. The maximum Gasteiger partial charge on any atom is 0.220 e. The third kappa shape index (κ3) is 3.24. The largest absolute Gasteiger partial charge is 0.454 e. The van der Waals surface area contributed by atoms with Crippen LogP contribution in [0.15, 0.2) is 114 Å². The number of imidazole rings is 2. The Morgan fingerprint density at radius 3 is 2.57 bits per heavy atom. The molecule has 0 aliphatic heterocycles. The molecular formula is C32H24N4O. The second-order valence-electron chi connectivity index (χ2n) is 9.09. The molecule has 0 amide bonds. The molecule has 0 unspecified atom stereocenters. The molecule has 0 saturated heterocycles. The summed E-state index contributed by atoms with van der Waals surface area (Å²) in [6, 6.07) is 25.0. The van der Waals surface area contributed by atoms with Crippen LogP contribution in [0.3, 0.4) is 0 Å². The predicted molar refractivity (Wildman–Crippen MR) is 152 cm³/mol. The molecule has 0 atom stereocenters. The smallest absolute Gasteiger partial charge is 0.220 e. The van der Waals surface area contributed by atoms with Crippen LogP contribution in [0.1, 0.15) is 18.9 Å². The van der Waals surface area contributed by atoms with Gasteiger partial charge in [0, 0.05) is 22.7 Å². The molecule has 5 heteroatoms. The monoisotopic (exact) mass is 480 g/mol. The predicted octanol–water partition coefficient (Wildman–Crippen LogP) is 8.26. The number of aromatic nitrogens is 4. The summed E-state index contributed by atoms with van der Waals surface area (Å²) >= 11 is 0. The number of nitrogens with zero attached hydrogens (tertiary/aromatic N) is 4. The van der Waals surface area contributed by atoms with E-state index in [-0.39, 0.29) is 0 Å². The van der Waals surface area contributed by atoms with Gasteiger partial charge in [-0.1, -0.05) is 49.9 Å². The van der Waals surface area contributed by atoms with Crippen molar-refractivity contribution in [3.05, 3.63) is 116 Å². The van der Waals surface area contributed by atoms with Crippen LogP contribution in [0.25, 0.3) is 61.1 Å². The minimum Gasteiger partial charge on any atom is -0.454 e. The summed E-state index contributed by atoms with van der Waals surface area (Å²) < 4.78 is 10.4. The average Bonchev–Trinajstić information content (AvgIpc) is 3.59. The Morgan fingerprint density at radius 2 is 1.73 bits per heavy atom. The number of pyridine rings is 1. The van der Waals surface area contributed by atoms with Crippen LogP contribution in [0.5, 0.6) is 0 Å². The Labute approximate surface area is 213 Å². The van der Waals surface area contributed by atoms with Crippen molar-refractivity contribution in [2.75, 3.05) is 0 Å². The molecule has 0 spiro atoms. The van der Waals surface area contributed by atoms with E-state index < -0.39 is 0 Å². The Bertz CT molecular complexity index is 2050. The van der Waals surface area contributed by atoms with Gasteiger partial charge in [-0.3, -0.25) is 14.0 Å². The van der Waals surface area contributed by atoms with Crippen molar-refractivity contribution >= 4 is 61.1 Å². The second kappa shape index (κ2) is 8.35. The van der Waals surface area contributed by atoms with Gasteiger partial charge in [0.15, 0.2) is 5.58 Å². The number of hydrogen-bond acceptors (Lipinski definition) is 3. The SMILES string of the molecule is C=C/C(=C\C(=C/CC)c1ccc2oc3cnccc3c2c1)n1c2ccccc2n2c3ccccc3nc12. The molecule has 4 aromatic heterocycles. The molecule has 0 aliphatic rings. The topological polar surface area (TPSA) is 48.3 Å². The number of hydrogen-bond donors (Lipinski definition) is 0. The first-order chi connectivity index (χ1) is 18.3. The minimum absolute atomic E-state index is 0.797. The number of furan rings is 1. The van der Waals surface area contributed by atoms with E-state index in [1.165, 1.54) is 0 Å². The van der Waals surface area contributed by atoms with Gasteiger partial charge in [0.1, 0.15) is 5.58 Å². The molecule has 0 fully saturated rings. The second-order valence-corrected chi connectivity index (χ2v) is 9.09. The zero-order chi connectivity index (χ0) is 24.9. The van der Waals surface area contributed by atoms with Crippen LogP contribution in [-0.2, 0) is 0 Å². The number of allylic oxidation sites excluding steroid dienone is 5. The normalized spacial score (nSPS) is 13.0. The van der Waals surface area contributed by atoms with Gasteiger partial charge in [0.25, 0.3) is 0 Å². The van der Waals surface area contributed by atoms with E-state index in [1.807, 2.05) is 24.3 Å². The van der Waals surface area contributed by atoms with Gasteiger partial charge in [-0.25, -0.2) is 4.98 Å². The van der Waals surface area contributed by atoms with Gasteiger partial charge in [-0.15, -0.1) is 0 Å². The fourth-order valence-electron chi connectivity index (χ4n) is 5.27. The van der Waals surface area contributed by atoms with Gasteiger partial charge in [0.2, 0.25) is 5.78 Å². The van der Waals surface area contributed by atoms with E-state index in [0.717, 1.165) is 73.0 Å². The number of para-hydroxylation sites is 4. The molecule has 0 N–H and O–H groups in total. The van der Waals surface area contributed by atoms with Crippen molar-refractivity contribution in [3.8, 4) is 0 Å². The van der Waals surface area contributed by atoms with Crippen LogP contribution in [0, 0.1) is 0 Å². The van der Waals surface area contributed by atoms with E-state index in [4.69, 9.17) is 9.40 Å². The number of fused-ring (bicyclic) bond motifs is 8. The minimum atomic E-state index is 0.797. The summed E-state index contributed by atoms with van der Waals surface area (Å²) in [5.41, 5.74) is 9.11. The molecule has 7 aromatic rings. The van der Waals surface area contributed by atoms with Crippen molar-refractivity contribution in [1.29, 1.82) is 0 Å². The molecule has 4 heterocycles. The summed E-state index contributed by atoms with van der Waals surface area (Å²) in [6.07, 6.45) is 10.8.